The van der Waals surface area contributed by atoms with Crippen LogP contribution in [0.4, 0.5) is 0 Å². The van der Waals surface area contributed by atoms with E-state index in [4.69, 9.17) is 4.74 Å². The zero-order valence-corrected chi connectivity index (χ0v) is 11.8. The first-order chi connectivity index (χ1) is 9.25. The average Bonchev–Trinajstić information content (AvgIpc) is 3.08. The molecule has 0 saturated carbocycles. The molecule has 1 unspecified atom stereocenters. The molecule has 5 nitrogen and oxygen atoms in total. The molecule has 0 spiro atoms. The van der Waals surface area contributed by atoms with Crippen molar-refractivity contribution < 1.29 is 9.53 Å². The number of rotatable bonds is 2. The minimum Gasteiger partial charge on any atom is -0.379 e. The van der Waals surface area contributed by atoms with Gasteiger partial charge < -0.3 is 15.0 Å². The predicted molar refractivity (Wildman–Crippen MR) is 72.9 cm³/mol. The monoisotopic (exact) mass is 267 g/mol. The molecule has 3 aliphatic rings. The number of amides is 1. The van der Waals surface area contributed by atoms with E-state index in [0.29, 0.717) is 17.9 Å². The molecule has 0 aromatic heterocycles. The smallest absolute Gasteiger partial charge is 0.227 e. The lowest BCUT2D eigenvalue weighted by molar-refractivity contribution is -0.135. The molecule has 3 saturated heterocycles. The van der Waals surface area contributed by atoms with Gasteiger partial charge in [-0.25, -0.2) is 0 Å². The SMILES string of the molecule is C[C@@H]1CNC[C@H]1C(=O)N1CCC(N2CCOCC2)C1. The Labute approximate surface area is 115 Å². The van der Waals surface area contributed by atoms with E-state index < -0.39 is 0 Å². The molecule has 19 heavy (non-hydrogen) atoms. The van der Waals surface area contributed by atoms with Gasteiger partial charge >= 0.3 is 0 Å². The van der Waals surface area contributed by atoms with Gasteiger partial charge in [0.1, 0.15) is 0 Å². The number of hydrogen-bond donors (Lipinski definition) is 1. The number of morpholine rings is 1. The topological polar surface area (TPSA) is 44.8 Å². The maximum Gasteiger partial charge on any atom is 0.227 e. The molecule has 3 atom stereocenters. The van der Waals surface area contributed by atoms with Gasteiger partial charge in [-0.3, -0.25) is 9.69 Å². The third-order valence-electron chi connectivity index (χ3n) is 4.87. The summed E-state index contributed by atoms with van der Waals surface area (Å²) in [5.74, 6) is 1.05. The second kappa shape index (κ2) is 5.77. The summed E-state index contributed by atoms with van der Waals surface area (Å²) in [5, 5.41) is 3.33. The fourth-order valence-corrected chi connectivity index (χ4v) is 3.56. The Balaban J connectivity index is 1.54. The highest BCUT2D eigenvalue weighted by Gasteiger charge is 2.37. The van der Waals surface area contributed by atoms with E-state index in [0.717, 1.165) is 58.9 Å². The highest BCUT2D eigenvalue weighted by molar-refractivity contribution is 5.80. The Morgan fingerprint density at radius 1 is 1.21 bits per heavy atom. The van der Waals surface area contributed by atoms with E-state index in [1.807, 2.05) is 0 Å². The van der Waals surface area contributed by atoms with E-state index in [-0.39, 0.29) is 5.92 Å². The first-order valence-electron chi connectivity index (χ1n) is 7.57. The second-order valence-corrected chi connectivity index (χ2v) is 6.12. The minimum atomic E-state index is 0.198. The summed E-state index contributed by atoms with van der Waals surface area (Å²) < 4.78 is 5.40. The van der Waals surface area contributed by atoms with E-state index >= 15 is 0 Å². The third kappa shape index (κ3) is 2.78. The summed E-state index contributed by atoms with van der Waals surface area (Å²) in [6, 6.07) is 0.553. The molecular weight excluding hydrogens is 242 g/mol. The van der Waals surface area contributed by atoms with Gasteiger partial charge in [-0.1, -0.05) is 6.92 Å². The molecule has 0 radical (unpaired) electrons. The van der Waals surface area contributed by atoms with Crippen molar-refractivity contribution in [3.8, 4) is 0 Å². The van der Waals surface area contributed by atoms with Crippen molar-refractivity contribution >= 4 is 5.91 Å². The van der Waals surface area contributed by atoms with Crippen molar-refractivity contribution in [2.45, 2.75) is 19.4 Å². The van der Waals surface area contributed by atoms with E-state index in [1.165, 1.54) is 0 Å². The summed E-state index contributed by atoms with van der Waals surface area (Å²) in [5.41, 5.74) is 0. The quantitative estimate of drug-likeness (QED) is 0.751. The van der Waals surface area contributed by atoms with Gasteiger partial charge in [-0.05, 0) is 18.9 Å². The molecule has 3 aliphatic heterocycles. The van der Waals surface area contributed by atoms with Crippen molar-refractivity contribution in [1.29, 1.82) is 0 Å². The summed E-state index contributed by atoms with van der Waals surface area (Å²) >= 11 is 0. The van der Waals surface area contributed by atoms with Crippen LogP contribution >= 0.6 is 0 Å². The van der Waals surface area contributed by atoms with Crippen molar-refractivity contribution in [2.75, 3.05) is 52.5 Å². The summed E-state index contributed by atoms with van der Waals surface area (Å²) in [6.45, 7) is 9.60. The summed E-state index contributed by atoms with van der Waals surface area (Å²) in [4.78, 5) is 17.1. The molecule has 3 rings (SSSR count). The van der Waals surface area contributed by atoms with Crippen molar-refractivity contribution in [3.63, 3.8) is 0 Å². The molecule has 3 heterocycles. The van der Waals surface area contributed by atoms with Gasteiger partial charge in [0.05, 0.1) is 19.1 Å². The van der Waals surface area contributed by atoms with Crippen LogP contribution in [0.2, 0.25) is 0 Å². The Hall–Kier alpha value is -0.650. The Morgan fingerprint density at radius 3 is 2.68 bits per heavy atom. The van der Waals surface area contributed by atoms with Crippen LogP contribution in [0.15, 0.2) is 0 Å². The third-order valence-corrected chi connectivity index (χ3v) is 4.87. The Morgan fingerprint density at radius 2 is 2.00 bits per heavy atom. The Bertz CT molecular complexity index is 331. The lowest BCUT2D eigenvalue weighted by Gasteiger charge is -2.32. The fourth-order valence-electron chi connectivity index (χ4n) is 3.56. The van der Waals surface area contributed by atoms with Crippen LogP contribution in [0.1, 0.15) is 13.3 Å². The van der Waals surface area contributed by atoms with Gasteiger partial charge in [0, 0.05) is 38.8 Å². The molecule has 5 heteroatoms. The van der Waals surface area contributed by atoms with Crippen molar-refractivity contribution in [3.05, 3.63) is 0 Å². The number of carbonyl (C=O) groups is 1. The van der Waals surface area contributed by atoms with Crippen LogP contribution in [0.25, 0.3) is 0 Å². The number of carbonyl (C=O) groups excluding carboxylic acids is 1. The van der Waals surface area contributed by atoms with E-state index in [1.54, 1.807) is 0 Å². The molecule has 3 fully saturated rings. The maximum absolute atomic E-state index is 12.5. The van der Waals surface area contributed by atoms with Gasteiger partial charge in [-0.2, -0.15) is 0 Å². The zero-order valence-electron chi connectivity index (χ0n) is 11.8. The number of likely N-dealkylation sites (tertiary alicyclic amines) is 1. The normalized spacial score (nSPS) is 36.9. The van der Waals surface area contributed by atoms with Crippen LogP contribution in [-0.4, -0.2) is 74.2 Å². The van der Waals surface area contributed by atoms with Gasteiger partial charge in [0.25, 0.3) is 0 Å². The molecule has 0 aliphatic carbocycles. The highest BCUT2D eigenvalue weighted by atomic mass is 16.5. The van der Waals surface area contributed by atoms with Crippen molar-refractivity contribution in [2.24, 2.45) is 11.8 Å². The molecule has 0 bridgehead atoms. The number of nitrogens with zero attached hydrogens (tertiary/aromatic N) is 2. The number of hydrogen-bond acceptors (Lipinski definition) is 4. The van der Waals surface area contributed by atoms with Gasteiger partial charge in [0.15, 0.2) is 0 Å². The number of ether oxygens (including phenoxy) is 1. The van der Waals surface area contributed by atoms with Crippen LogP contribution in [-0.2, 0) is 9.53 Å². The molecular formula is C14H25N3O2. The lowest BCUT2D eigenvalue weighted by Crippen LogP contribution is -2.46. The second-order valence-electron chi connectivity index (χ2n) is 6.12. The highest BCUT2D eigenvalue weighted by Crippen LogP contribution is 2.23. The largest absolute Gasteiger partial charge is 0.379 e. The van der Waals surface area contributed by atoms with Crippen LogP contribution < -0.4 is 5.32 Å². The molecule has 0 aromatic carbocycles. The van der Waals surface area contributed by atoms with Crippen LogP contribution in [0.3, 0.4) is 0 Å². The van der Waals surface area contributed by atoms with Crippen molar-refractivity contribution in [1.82, 2.24) is 15.1 Å². The van der Waals surface area contributed by atoms with E-state index in [9.17, 15) is 4.79 Å². The lowest BCUT2D eigenvalue weighted by atomic mass is 9.97. The number of nitrogens with one attached hydrogen (secondary N) is 1. The standard InChI is InChI=1S/C14H25N3O2/c1-11-8-15-9-13(11)14(18)17-3-2-12(10-17)16-4-6-19-7-5-16/h11-13,15H,2-10H2,1H3/t11-,12?,13-/m1/s1. The van der Waals surface area contributed by atoms with Crippen LogP contribution in [0.5, 0.6) is 0 Å². The summed E-state index contributed by atoms with van der Waals surface area (Å²) in [6.07, 6.45) is 1.13. The predicted octanol–water partition coefficient (Wildman–Crippen LogP) is -0.225. The summed E-state index contributed by atoms with van der Waals surface area (Å²) in [7, 11) is 0. The molecule has 0 aromatic rings. The minimum absolute atomic E-state index is 0.198. The average molecular weight is 267 g/mol. The van der Waals surface area contributed by atoms with Crippen LogP contribution in [0, 0.1) is 11.8 Å². The van der Waals surface area contributed by atoms with Gasteiger partial charge in [0.2, 0.25) is 5.91 Å². The molecule has 1 amide bonds. The molecule has 1 N–H and O–H groups in total. The van der Waals surface area contributed by atoms with Gasteiger partial charge in [-0.15, -0.1) is 0 Å². The fraction of sp³-hybridized carbons (Fsp3) is 0.929. The first kappa shape index (κ1) is 13.3. The Kier molecular flexibility index (Phi) is 4.05. The first-order valence-corrected chi connectivity index (χ1v) is 7.57. The maximum atomic E-state index is 12.5. The molecule has 108 valence electrons. The zero-order chi connectivity index (χ0) is 13.2. The van der Waals surface area contributed by atoms with E-state index in [2.05, 4.69) is 22.0 Å².